The van der Waals surface area contributed by atoms with Gasteiger partial charge in [-0.05, 0) is 25.5 Å². The predicted molar refractivity (Wildman–Crippen MR) is 64.9 cm³/mol. The van der Waals surface area contributed by atoms with Gasteiger partial charge in [0.05, 0.1) is 5.39 Å². The number of aryl methyl sites for hydroxylation is 2. The van der Waals surface area contributed by atoms with Crippen molar-refractivity contribution >= 4 is 30.8 Å². The second-order valence-corrected chi connectivity index (χ2v) is 6.26. The predicted octanol–water partition coefficient (Wildman–Crippen LogP) is 1.47. The van der Waals surface area contributed by atoms with Crippen molar-refractivity contribution in [1.29, 1.82) is 0 Å². The number of aromatic nitrogens is 2. The van der Waals surface area contributed by atoms with E-state index in [2.05, 4.69) is 9.97 Å². The first-order chi connectivity index (χ1) is 7.80. The van der Waals surface area contributed by atoms with Gasteiger partial charge in [0.15, 0.2) is 0 Å². The van der Waals surface area contributed by atoms with Gasteiger partial charge in [-0.1, -0.05) is 0 Å². The fourth-order valence-corrected chi connectivity index (χ4v) is 2.60. The van der Waals surface area contributed by atoms with E-state index in [0.29, 0.717) is 11.2 Å². The van der Waals surface area contributed by atoms with Crippen LogP contribution in [0.2, 0.25) is 0 Å². The molecule has 0 spiro atoms. The lowest BCUT2D eigenvalue weighted by atomic mass is 10.1. The lowest BCUT2D eigenvalue weighted by Gasteiger charge is -2.04. The molecule has 7 heteroatoms. The second kappa shape index (κ2) is 3.82. The molecule has 0 amide bonds. The SMILES string of the molecule is Cc1cc(C)c2c(=O)c(S(=O)(=O)Cl)c[nH]c2n1. The van der Waals surface area contributed by atoms with Gasteiger partial charge < -0.3 is 4.98 Å². The first kappa shape index (κ1) is 12.1. The van der Waals surface area contributed by atoms with E-state index >= 15 is 0 Å². The zero-order valence-corrected chi connectivity index (χ0v) is 10.7. The summed E-state index contributed by atoms with van der Waals surface area (Å²) in [6, 6.07) is 1.71. The molecule has 0 fully saturated rings. The highest BCUT2D eigenvalue weighted by molar-refractivity contribution is 8.13. The van der Waals surface area contributed by atoms with Crippen molar-refractivity contribution in [3.05, 3.63) is 33.7 Å². The van der Waals surface area contributed by atoms with E-state index < -0.39 is 19.4 Å². The van der Waals surface area contributed by atoms with Crippen molar-refractivity contribution < 1.29 is 8.42 Å². The number of halogens is 1. The van der Waals surface area contributed by atoms with E-state index in [0.717, 1.165) is 11.9 Å². The van der Waals surface area contributed by atoms with Crippen LogP contribution in [0.3, 0.4) is 0 Å². The van der Waals surface area contributed by atoms with Gasteiger partial charge in [0.1, 0.15) is 10.5 Å². The van der Waals surface area contributed by atoms with Crippen molar-refractivity contribution in [2.75, 3.05) is 0 Å². The highest BCUT2D eigenvalue weighted by Crippen LogP contribution is 2.16. The van der Waals surface area contributed by atoms with Gasteiger partial charge in [0.25, 0.3) is 9.05 Å². The Morgan fingerprint density at radius 1 is 1.35 bits per heavy atom. The number of H-pyrrole nitrogens is 1. The number of aromatic amines is 1. The molecule has 0 unspecified atom stereocenters. The third-order valence-electron chi connectivity index (χ3n) is 2.40. The quantitative estimate of drug-likeness (QED) is 0.797. The van der Waals surface area contributed by atoms with E-state index in [-0.39, 0.29) is 5.39 Å². The Labute approximate surface area is 102 Å². The van der Waals surface area contributed by atoms with Crippen LogP contribution >= 0.6 is 10.7 Å². The summed E-state index contributed by atoms with van der Waals surface area (Å²) in [6.07, 6.45) is 1.07. The molecular formula is C10H9ClN2O3S. The number of hydrogen-bond acceptors (Lipinski definition) is 4. The summed E-state index contributed by atoms with van der Waals surface area (Å²) in [5, 5.41) is 0.248. The largest absolute Gasteiger partial charge is 0.345 e. The van der Waals surface area contributed by atoms with Crippen LogP contribution in [0.1, 0.15) is 11.3 Å². The average molecular weight is 273 g/mol. The lowest BCUT2D eigenvalue weighted by molar-refractivity contribution is 0.608. The van der Waals surface area contributed by atoms with E-state index in [1.54, 1.807) is 19.9 Å². The van der Waals surface area contributed by atoms with E-state index in [4.69, 9.17) is 10.7 Å². The van der Waals surface area contributed by atoms with Gasteiger partial charge in [-0.3, -0.25) is 4.79 Å². The molecule has 0 radical (unpaired) electrons. The van der Waals surface area contributed by atoms with E-state index in [1.165, 1.54) is 0 Å². The Bertz CT molecular complexity index is 765. The fraction of sp³-hybridized carbons (Fsp3) is 0.200. The van der Waals surface area contributed by atoms with E-state index in [9.17, 15) is 13.2 Å². The molecular weight excluding hydrogens is 264 g/mol. The molecule has 0 atom stereocenters. The first-order valence-electron chi connectivity index (χ1n) is 4.75. The van der Waals surface area contributed by atoms with Gasteiger partial charge in [0, 0.05) is 22.6 Å². The maximum atomic E-state index is 12.0. The maximum Gasteiger partial charge on any atom is 0.266 e. The summed E-state index contributed by atoms with van der Waals surface area (Å²) in [4.78, 5) is 18.3. The van der Waals surface area contributed by atoms with Crippen LogP contribution in [0.25, 0.3) is 11.0 Å². The van der Waals surface area contributed by atoms with Crippen LogP contribution in [0.4, 0.5) is 0 Å². The van der Waals surface area contributed by atoms with Crippen LogP contribution in [0.5, 0.6) is 0 Å². The standard InChI is InChI=1S/C10H9ClN2O3S/c1-5-3-6(2)13-10-8(5)9(14)7(4-12-10)17(11,15)16/h3-4H,1-2H3,(H,12,13,14). The molecule has 90 valence electrons. The monoisotopic (exact) mass is 272 g/mol. The van der Waals surface area contributed by atoms with Crippen molar-refractivity contribution in [1.82, 2.24) is 9.97 Å². The van der Waals surface area contributed by atoms with Gasteiger partial charge in [-0.15, -0.1) is 0 Å². The fourth-order valence-electron chi connectivity index (χ4n) is 1.73. The lowest BCUT2D eigenvalue weighted by Crippen LogP contribution is -2.14. The third-order valence-corrected chi connectivity index (χ3v) is 3.73. The molecule has 0 bridgehead atoms. The number of pyridine rings is 2. The molecule has 2 aromatic rings. The van der Waals surface area contributed by atoms with Crippen LogP contribution in [-0.4, -0.2) is 18.4 Å². The number of nitrogens with zero attached hydrogens (tertiary/aromatic N) is 1. The topological polar surface area (TPSA) is 79.9 Å². The smallest absolute Gasteiger partial charge is 0.266 e. The Morgan fingerprint density at radius 3 is 2.59 bits per heavy atom. The van der Waals surface area contributed by atoms with Gasteiger partial charge in [-0.25, -0.2) is 13.4 Å². The molecule has 0 aliphatic carbocycles. The van der Waals surface area contributed by atoms with Crippen molar-refractivity contribution in [3.63, 3.8) is 0 Å². The van der Waals surface area contributed by atoms with Gasteiger partial charge in [-0.2, -0.15) is 0 Å². The second-order valence-electron chi connectivity index (χ2n) is 3.72. The number of nitrogens with one attached hydrogen (secondary N) is 1. The average Bonchev–Trinajstić information content (AvgIpc) is 2.14. The molecule has 17 heavy (non-hydrogen) atoms. The zero-order chi connectivity index (χ0) is 12.8. The summed E-state index contributed by atoms with van der Waals surface area (Å²) in [5.41, 5.74) is 1.14. The molecule has 0 aromatic carbocycles. The van der Waals surface area contributed by atoms with Crippen molar-refractivity contribution in [2.45, 2.75) is 18.7 Å². The summed E-state index contributed by atoms with van der Waals surface area (Å²) in [7, 11) is 1.13. The third kappa shape index (κ3) is 2.05. The minimum atomic E-state index is -4.05. The molecule has 0 saturated heterocycles. The Morgan fingerprint density at radius 2 is 2.00 bits per heavy atom. The Hall–Kier alpha value is -1.40. The Kier molecular flexibility index (Phi) is 2.71. The molecule has 0 saturated carbocycles. The first-order valence-corrected chi connectivity index (χ1v) is 7.06. The zero-order valence-electron chi connectivity index (χ0n) is 9.11. The molecule has 5 nitrogen and oxygen atoms in total. The summed E-state index contributed by atoms with van der Waals surface area (Å²) in [5.74, 6) is 0. The maximum absolute atomic E-state index is 12.0. The summed E-state index contributed by atoms with van der Waals surface area (Å²) < 4.78 is 22.4. The molecule has 2 heterocycles. The number of hydrogen-bond donors (Lipinski definition) is 1. The summed E-state index contributed by atoms with van der Waals surface area (Å²) >= 11 is 0. The van der Waals surface area contributed by atoms with Crippen LogP contribution in [-0.2, 0) is 9.05 Å². The highest BCUT2D eigenvalue weighted by Gasteiger charge is 2.18. The molecule has 2 rings (SSSR count). The molecule has 2 aromatic heterocycles. The number of rotatable bonds is 1. The molecule has 0 aliphatic heterocycles. The van der Waals surface area contributed by atoms with E-state index in [1.807, 2.05) is 0 Å². The normalized spacial score (nSPS) is 11.9. The van der Waals surface area contributed by atoms with Crippen LogP contribution in [0.15, 0.2) is 22.0 Å². The molecule has 1 N–H and O–H groups in total. The minimum Gasteiger partial charge on any atom is -0.345 e. The van der Waals surface area contributed by atoms with Crippen LogP contribution in [0, 0.1) is 13.8 Å². The van der Waals surface area contributed by atoms with Crippen molar-refractivity contribution in [2.24, 2.45) is 0 Å². The Balaban J connectivity index is 3.01. The van der Waals surface area contributed by atoms with Gasteiger partial charge >= 0.3 is 0 Å². The van der Waals surface area contributed by atoms with Gasteiger partial charge in [0.2, 0.25) is 5.43 Å². The van der Waals surface area contributed by atoms with Crippen LogP contribution < -0.4 is 5.43 Å². The van der Waals surface area contributed by atoms with Crippen molar-refractivity contribution in [3.8, 4) is 0 Å². The highest BCUT2D eigenvalue weighted by atomic mass is 35.7. The summed E-state index contributed by atoms with van der Waals surface area (Å²) in [6.45, 7) is 3.51. The molecule has 0 aliphatic rings. The minimum absolute atomic E-state index is 0.248. The number of fused-ring (bicyclic) bond motifs is 1.